The van der Waals surface area contributed by atoms with Gasteiger partial charge >= 0.3 is 0 Å². The molecule has 4 nitrogen and oxygen atoms in total. The number of carbonyl (C=O) groups excluding carboxylic acids is 1. The van der Waals surface area contributed by atoms with Gasteiger partial charge in [0.05, 0.1) is 4.91 Å². The Bertz CT molecular complexity index is 1220. The Kier molecular flexibility index (Phi) is 5.53. The average molecular weight is 499 g/mol. The van der Waals surface area contributed by atoms with Crippen molar-refractivity contribution in [1.82, 2.24) is 4.90 Å². The summed E-state index contributed by atoms with van der Waals surface area (Å²) in [6.07, 6.45) is 13.5. The number of nitrogens with zero attached hydrogens (tertiary/aromatic N) is 2. The van der Waals surface area contributed by atoms with E-state index in [2.05, 4.69) is 40.2 Å². The highest BCUT2D eigenvalue weighted by Gasteiger charge is 2.52. The SMILES string of the molecule is O=C1N=C(N2CCCCC2)S/C1=C\c1ccc(-c2ccc(O)c(C34CC5CC(CC(C5)C3)C4)c2)cc1. The maximum absolute atomic E-state index is 12.5. The van der Waals surface area contributed by atoms with Crippen molar-refractivity contribution in [2.75, 3.05) is 13.1 Å². The fourth-order valence-electron chi connectivity index (χ4n) is 8.12. The molecule has 0 unspecified atom stereocenters. The van der Waals surface area contributed by atoms with E-state index in [0.29, 0.717) is 10.7 Å². The topological polar surface area (TPSA) is 52.9 Å². The number of piperidine rings is 1. The van der Waals surface area contributed by atoms with Gasteiger partial charge in [-0.2, -0.15) is 4.99 Å². The van der Waals surface area contributed by atoms with Crippen molar-refractivity contribution in [3.8, 4) is 16.9 Å². The third-order valence-corrected chi connectivity index (χ3v) is 10.4. The summed E-state index contributed by atoms with van der Waals surface area (Å²) in [7, 11) is 0. The number of aromatic hydroxyl groups is 1. The Balaban J connectivity index is 1.11. The molecule has 5 heteroatoms. The van der Waals surface area contributed by atoms with Crippen molar-refractivity contribution in [2.45, 2.75) is 63.2 Å². The molecule has 4 aliphatic carbocycles. The molecular formula is C31H34N2O2S. The summed E-state index contributed by atoms with van der Waals surface area (Å²) in [5.74, 6) is 2.90. The van der Waals surface area contributed by atoms with Gasteiger partial charge in [0.1, 0.15) is 5.75 Å². The molecule has 5 fully saturated rings. The van der Waals surface area contributed by atoms with Crippen LogP contribution >= 0.6 is 11.8 Å². The van der Waals surface area contributed by atoms with Gasteiger partial charge in [0.15, 0.2) is 5.17 Å². The summed E-state index contributed by atoms with van der Waals surface area (Å²) in [5, 5.41) is 11.8. The number of hydrogen-bond acceptors (Lipinski definition) is 4. The molecule has 4 bridgehead atoms. The Morgan fingerprint density at radius 2 is 1.53 bits per heavy atom. The number of likely N-dealkylation sites (tertiary alicyclic amines) is 1. The molecule has 0 radical (unpaired) electrons. The quantitative estimate of drug-likeness (QED) is 0.464. The Labute approximate surface area is 217 Å². The molecule has 4 saturated carbocycles. The van der Waals surface area contributed by atoms with Gasteiger partial charge in [-0.1, -0.05) is 30.3 Å². The summed E-state index contributed by atoms with van der Waals surface area (Å²) in [4.78, 5) is 19.8. The molecule has 1 amide bonds. The van der Waals surface area contributed by atoms with Crippen molar-refractivity contribution >= 4 is 28.9 Å². The van der Waals surface area contributed by atoms with Crippen LogP contribution in [0.4, 0.5) is 0 Å². The fraction of sp³-hybridized carbons (Fsp3) is 0.484. The van der Waals surface area contributed by atoms with E-state index < -0.39 is 0 Å². The van der Waals surface area contributed by atoms with Crippen molar-refractivity contribution in [3.05, 3.63) is 58.5 Å². The monoisotopic (exact) mass is 498 g/mol. The zero-order valence-corrected chi connectivity index (χ0v) is 21.6. The summed E-state index contributed by atoms with van der Waals surface area (Å²) >= 11 is 1.51. The maximum Gasteiger partial charge on any atom is 0.286 e. The van der Waals surface area contributed by atoms with Gasteiger partial charge in [-0.05, 0) is 128 Å². The second-order valence-electron chi connectivity index (χ2n) is 11.9. The van der Waals surface area contributed by atoms with E-state index in [1.54, 1.807) is 0 Å². The Morgan fingerprint density at radius 3 is 2.19 bits per heavy atom. The third-order valence-electron chi connectivity index (χ3n) is 9.38. The molecule has 8 rings (SSSR count). The number of carbonyl (C=O) groups is 1. The van der Waals surface area contributed by atoms with Crippen LogP contribution in [0.5, 0.6) is 5.75 Å². The molecule has 0 aromatic heterocycles. The molecule has 0 spiro atoms. The standard InChI is InChI=1S/C31H34N2O2S/c34-27-9-8-25(16-26(27)31-17-21-12-22(18-31)14-23(13-21)19-31)24-6-4-20(5-7-24)15-28-29(35)32-30(36-28)33-10-2-1-3-11-33/h4-9,15-16,21-23,34H,1-3,10-14,17-19H2/b28-15-. The normalized spacial score (nSPS) is 32.4. The number of amides is 1. The molecule has 36 heavy (non-hydrogen) atoms. The number of aliphatic imine (C=N–C) groups is 1. The Morgan fingerprint density at radius 1 is 0.889 bits per heavy atom. The summed E-state index contributed by atoms with van der Waals surface area (Å²) in [5.41, 5.74) is 4.69. The van der Waals surface area contributed by atoms with E-state index >= 15 is 0 Å². The number of thioether (sulfide) groups is 1. The molecule has 0 atom stereocenters. The smallest absolute Gasteiger partial charge is 0.286 e. The van der Waals surface area contributed by atoms with Crippen molar-refractivity contribution in [1.29, 1.82) is 0 Å². The molecule has 2 heterocycles. The highest BCUT2D eigenvalue weighted by Crippen LogP contribution is 2.62. The number of hydrogen-bond donors (Lipinski definition) is 1. The van der Waals surface area contributed by atoms with Gasteiger partial charge < -0.3 is 10.0 Å². The van der Waals surface area contributed by atoms with Crippen LogP contribution in [0, 0.1) is 17.8 Å². The lowest BCUT2D eigenvalue weighted by Gasteiger charge is -2.57. The number of amidine groups is 1. The highest BCUT2D eigenvalue weighted by molar-refractivity contribution is 8.18. The molecule has 1 saturated heterocycles. The number of benzene rings is 2. The van der Waals surface area contributed by atoms with Crippen molar-refractivity contribution < 1.29 is 9.90 Å². The molecule has 2 aromatic carbocycles. The minimum atomic E-state index is -0.122. The summed E-state index contributed by atoms with van der Waals surface area (Å²) in [6, 6.07) is 14.7. The fourth-order valence-corrected chi connectivity index (χ4v) is 9.09. The average Bonchev–Trinajstić information content (AvgIpc) is 3.24. The van der Waals surface area contributed by atoms with Crippen molar-refractivity contribution in [2.24, 2.45) is 22.7 Å². The van der Waals surface area contributed by atoms with Crippen LogP contribution in [0.25, 0.3) is 17.2 Å². The minimum absolute atomic E-state index is 0.122. The molecular weight excluding hydrogens is 464 g/mol. The van der Waals surface area contributed by atoms with E-state index in [-0.39, 0.29) is 11.3 Å². The summed E-state index contributed by atoms with van der Waals surface area (Å²) in [6.45, 7) is 2.00. The lowest BCUT2D eigenvalue weighted by Crippen LogP contribution is -2.48. The number of phenolic OH excluding ortho intramolecular Hbond substituents is 1. The minimum Gasteiger partial charge on any atom is -0.508 e. The predicted octanol–water partition coefficient (Wildman–Crippen LogP) is 6.98. The largest absolute Gasteiger partial charge is 0.508 e. The van der Waals surface area contributed by atoms with Crippen LogP contribution < -0.4 is 0 Å². The van der Waals surface area contributed by atoms with Gasteiger partial charge in [0.25, 0.3) is 5.91 Å². The van der Waals surface area contributed by atoms with Crippen LogP contribution in [-0.2, 0) is 10.2 Å². The second kappa shape index (κ2) is 8.79. The van der Waals surface area contributed by atoms with Gasteiger partial charge in [-0.25, -0.2) is 0 Å². The van der Waals surface area contributed by atoms with Crippen LogP contribution in [0.2, 0.25) is 0 Å². The van der Waals surface area contributed by atoms with Gasteiger partial charge in [-0.15, -0.1) is 0 Å². The first kappa shape index (κ1) is 22.7. The van der Waals surface area contributed by atoms with E-state index in [1.165, 1.54) is 80.7 Å². The lowest BCUT2D eigenvalue weighted by atomic mass is 9.48. The van der Waals surface area contributed by atoms with Crippen molar-refractivity contribution in [3.63, 3.8) is 0 Å². The molecule has 1 N–H and O–H groups in total. The van der Waals surface area contributed by atoms with E-state index in [0.717, 1.165) is 47.1 Å². The van der Waals surface area contributed by atoms with Crippen LogP contribution in [-0.4, -0.2) is 34.2 Å². The first-order chi connectivity index (χ1) is 17.5. The third kappa shape index (κ3) is 4.00. The zero-order valence-electron chi connectivity index (χ0n) is 20.8. The van der Waals surface area contributed by atoms with Gasteiger partial charge in [-0.3, -0.25) is 4.79 Å². The lowest BCUT2D eigenvalue weighted by molar-refractivity contribution is -0.113. The van der Waals surface area contributed by atoms with E-state index in [4.69, 9.17) is 0 Å². The van der Waals surface area contributed by atoms with Crippen LogP contribution in [0.3, 0.4) is 0 Å². The second-order valence-corrected chi connectivity index (χ2v) is 12.9. The van der Waals surface area contributed by atoms with E-state index in [1.807, 2.05) is 18.2 Å². The number of phenols is 1. The summed E-state index contributed by atoms with van der Waals surface area (Å²) < 4.78 is 0. The molecule has 2 aromatic rings. The molecule has 6 aliphatic rings. The highest BCUT2D eigenvalue weighted by atomic mass is 32.2. The van der Waals surface area contributed by atoms with Crippen LogP contribution in [0.15, 0.2) is 52.4 Å². The molecule has 2 aliphatic heterocycles. The van der Waals surface area contributed by atoms with Gasteiger partial charge in [0, 0.05) is 18.7 Å². The number of rotatable bonds is 3. The zero-order chi connectivity index (χ0) is 24.3. The van der Waals surface area contributed by atoms with E-state index in [9.17, 15) is 9.90 Å². The Hall–Kier alpha value is -2.53. The van der Waals surface area contributed by atoms with Crippen LogP contribution in [0.1, 0.15) is 68.9 Å². The molecule has 186 valence electrons. The predicted molar refractivity (Wildman–Crippen MR) is 147 cm³/mol. The van der Waals surface area contributed by atoms with Gasteiger partial charge in [0.2, 0.25) is 0 Å². The maximum atomic E-state index is 12.5. The first-order valence-corrected chi connectivity index (χ1v) is 14.6. The first-order valence-electron chi connectivity index (χ1n) is 13.8.